The number of hydrogen-bond donors (Lipinski definition) is 0. The van der Waals surface area contributed by atoms with Gasteiger partial charge >= 0.3 is 0 Å². The quantitative estimate of drug-likeness (QED) is 0.616. The Bertz CT molecular complexity index is 529. The molecule has 0 amide bonds. The maximum absolute atomic E-state index is 6.04. The van der Waals surface area contributed by atoms with Crippen LogP contribution in [0.2, 0.25) is 5.02 Å². The summed E-state index contributed by atoms with van der Waals surface area (Å²) in [7, 11) is 0. The molecule has 1 nitrogen and oxygen atoms in total. The van der Waals surface area contributed by atoms with Gasteiger partial charge in [-0.15, -0.1) is 0 Å². The molecule has 88 valence electrons. The van der Waals surface area contributed by atoms with Gasteiger partial charge in [-0.3, -0.25) is 0 Å². The Hall–Kier alpha value is -0.510. The molecule has 0 atom stereocenters. The molecular formula is C13H9Br2ClO. The van der Waals surface area contributed by atoms with E-state index in [0.717, 1.165) is 15.6 Å². The van der Waals surface area contributed by atoms with Crippen molar-refractivity contribution < 1.29 is 4.74 Å². The lowest BCUT2D eigenvalue weighted by Crippen LogP contribution is -1.87. The van der Waals surface area contributed by atoms with E-state index < -0.39 is 0 Å². The summed E-state index contributed by atoms with van der Waals surface area (Å²) in [5.74, 6) is 1.41. The van der Waals surface area contributed by atoms with Crippen molar-refractivity contribution in [1.82, 2.24) is 0 Å². The SMILES string of the molecule is Clc1ccccc1Oc1ccc(CBr)cc1Br. The molecule has 0 aromatic heterocycles. The molecule has 0 saturated carbocycles. The van der Waals surface area contributed by atoms with Gasteiger partial charge in [-0.25, -0.2) is 0 Å². The first kappa shape index (κ1) is 12.9. The Morgan fingerprint density at radius 1 is 1.06 bits per heavy atom. The first-order valence-corrected chi connectivity index (χ1v) is 7.26. The highest BCUT2D eigenvalue weighted by molar-refractivity contribution is 9.10. The highest BCUT2D eigenvalue weighted by Gasteiger charge is 2.06. The smallest absolute Gasteiger partial charge is 0.146 e. The molecule has 4 heteroatoms. The standard InChI is InChI=1S/C13H9Br2ClO/c14-8-9-5-6-12(10(15)7-9)17-13-4-2-1-3-11(13)16/h1-7H,8H2. The summed E-state index contributed by atoms with van der Waals surface area (Å²) in [6.07, 6.45) is 0. The molecule has 2 aromatic carbocycles. The van der Waals surface area contributed by atoms with Crippen LogP contribution in [0.4, 0.5) is 0 Å². The van der Waals surface area contributed by atoms with E-state index in [0.29, 0.717) is 10.8 Å². The summed E-state index contributed by atoms with van der Waals surface area (Å²) in [5, 5.41) is 1.42. The van der Waals surface area contributed by atoms with Crippen molar-refractivity contribution in [2.45, 2.75) is 5.33 Å². The molecule has 0 fully saturated rings. The van der Waals surface area contributed by atoms with E-state index in [1.54, 1.807) is 6.07 Å². The van der Waals surface area contributed by atoms with Gasteiger partial charge in [0.15, 0.2) is 0 Å². The summed E-state index contributed by atoms with van der Waals surface area (Å²) in [6, 6.07) is 13.3. The van der Waals surface area contributed by atoms with Gasteiger partial charge in [0.2, 0.25) is 0 Å². The summed E-state index contributed by atoms with van der Waals surface area (Å²) >= 11 is 12.9. The minimum atomic E-state index is 0.601. The normalized spacial score (nSPS) is 10.3. The van der Waals surface area contributed by atoms with Crippen LogP contribution in [-0.2, 0) is 5.33 Å². The van der Waals surface area contributed by atoms with Gasteiger partial charge in [0.1, 0.15) is 11.5 Å². The molecular weight excluding hydrogens is 367 g/mol. The molecule has 0 aliphatic heterocycles. The molecule has 0 unspecified atom stereocenters. The topological polar surface area (TPSA) is 9.23 Å². The molecule has 0 aliphatic rings. The second kappa shape index (κ2) is 5.89. The van der Waals surface area contributed by atoms with E-state index in [2.05, 4.69) is 31.9 Å². The number of hydrogen-bond acceptors (Lipinski definition) is 1. The number of rotatable bonds is 3. The first-order chi connectivity index (χ1) is 8.20. The number of ether oxygens (including phenoxy) is 1. The van der Waals surface area contributed by atoms with E-state index in [4.69, 9.17) is 16.3 Å². The largest absolute Gasteiger partial charge is 0.455 e. The van der Waals surface area contributed by atoms with Gasteiger partial charge < -0.3 is 4.74 Å². The summed E-state index contributed by atoms with van der Waals surface area (Å²) in [6.45, 7) is 0. The van der Waals surface area contributed by atoms with Crippen molar-refractivity contribution in [2.24, 2.45) is 0 Å². The van der Waals surface area contributed by atoms with Crippen LogP contribution in [0.1, 0.15) is 5.56 Å². The fourth-order valence-electron chi connectivity index (χ4n) is 1.36. The fraction of sp³-hybridized carbons (Fsp3) is 0.0769. The molecule has 0 N–H and O–H groups in total. The van der Waals surface area contributed by atoms with Crippen LogP contribution in [0.3, 0.4) is 0 Å². The van der Waals surface area contributed by atoms with Gasteiger partial charge in [0.05, 0.1) is 9.50 Å². The molecule has 0 heterocycles. The van der Waals surface area contributed by atoms with Crippen molar-refractivity contribution in [1.29, 1.82) is 0 Å². The first-order valence-electron chi connectivity index (χ1n) is 4.97. The van der Waals surface area contributed by atoms with E-state index >= 15 is 0 Å². The van der Waals surface area contributed by atoms with Crippen molar-refractivity contribution in [2.75, 3.05) is 0 Å². The lowest BCUT2D eigenvalue weighted by molar-refractivity contribution is 0.480. The van der Waals surface area contributed by atoms with Crippen LogP contribution in [0.25, 0.3) is 0 Å². The Morgan fingerprint density at radius 2 is 1.82 bits per heavy atom. The van der Waals surface area contributed by atoms with Gasteiger partial charge in [-0.2, -0.15) is 0 Å². The second-order valence-electron chi connectivity index (χ2n) is 3.43. The summed E-state index contributed by atoms with van der Waals surface area (Å²) < 4.78 is 6.66. The van der Waals surface area contributed by atoms with Crippen molar-refractivity contribution >= 4 is 43.5 Å². The highest BCUT2D eigenvalue weighted by atomic mass is 79.9. The molecule has 2 rings (SSSR count). The van der Waals surface area contributed by atoms with Crippen molar-refractivity contribution in [3.05, 3.63) is 57.5 Å². The number of para-hydroxylation sites is 1. The van der Waals surface area contributed by atoms with Crippen LogP contribution in [0.5, 0.6) is 11.5 Å². The Labute approximate surface area is 122 Å². The number of alkyl halides is 1. The fourth-order valence-corrected chi connectivity index (χ4v) is 2.39. The second-order valence-corrected chi connectivity index (χ2v) is 5.25. The minimum Gasteiger partial charge on any atom is -0.455 e. The molecule has 0 spiro atoms. The zero-order valence-corrected chi connectivity index (χ0v) is 12.7. The van der Waals surface area contributed by atoms with E-state index in [1.807, 2.05) is 36.4 Å². The number of benzene rings is 2. The van der Waals surface area contributed by atoms with Crippen molar-refractivity contribution in [3.63, 3.8) is 0 Å². The monoisotopic (exact) mass is 374 g/mol. The van der Waals surface area contributed by atoms with Crippen LogP contribution < -0.4 is 4.74 Å². The maximum Gasteiger partial charge on any atom is 0.146 e. The Balaban J connectivity index is 2.28. The zero-order valence-electron chi connectivity index (χ0n) is 8.79. The lowest BCUT2D eigenvalue weighted by atomic mass is 10.2. The zero-order chi connectivity index (χ0) is 12.3. The third-order valence-electron chi connectivity index (χ3n) is 2.21. The molecule has 0 radical (unpaired) electrons. The van der Waals surface area contributed by atoms with Crippen molar-refractivity contribution in [3.8, 4) is 11.5 Å². The number of halogens is 3. The van der Waals surface area contributed by atoms with Crippen LogP contribution in [-0.4, -0.2) is 0 Å². The van der Waals surface area contributed by atoms with Gasteiger partial charge in [0, 0.05) is 5.33 Å². The predicted octanol–water partition coefficient (Wildman–Crippen LogP) is 5.79. The third kappa shape index (κ3) is 3.24. The summed E-state index contributed by atoms with van der Waals surface area (Å²) in [5.41, 5.74) is 1.18. The Kier molecular flexibility index (Phi) is 4.48. The maximum atomic E-state index is 6.04. The average Bonchev–Trinajstić information content (AvgIpc) is 2.34. The van der Waals surface area contributed by atoms with E-state index in [1.165, 1.54) is 5.56 Å². The third-order valence-corrected chi connectivity index (χ3v) is 3.79. The van der Waals surface area contributed by atoms with Crippen LogP contribution in [0.15, 0.2) is 46.9 Å². The van der Waals surface area contributed by atoms with E-state index in [9.17, 15) is 0 Å². The van der Waals surface area contributed by atoms with Gasteiger partial charge in [-0.1, -0.05) is 45.7 Å². The average molecular weight is 376 g/mol. The van der Waals surface area contributed by atoms with Crippen LogP contribution in [0, 0.1) is 0 Å². The van der Waals surface area contributed by atoms with Crippen LogP contribution >= 0.6 is 43.5 Å². The summed E-state index contributed by atoms with van der Waals surface area (Å²) in [4.78, 5) is 0. The molecule has 2 aromatic rings. The van der Waals surface area contributed by atoms with E-state index in [-0.39, 0.29) is 0 Å². The molecule has 17 heavy (non-hydrogen) atoms. The van der Waals surface area contributed by atoms with Gasteiger partial charge in [0.25, 0.3) is 0 Å². The molecule has 0 saturated heterocycles. The minimum absolute atomic E-state index is 0.601. The predicted molar refractivity (Wildman–Crippen MR) is 78.3 cm³/mol. The Morgan fingerprint density at radius 3 is 2.47 bits per heavy atom. The van der Waals surface area contributed by atoms with Gasteiger partial charge in [-0.05, 0) is 45.8 Å². The molecule has 0 bridgehead atoms. The lowest BCUT2D eigenvalue weighted by Gasteiger charge is -2.09. The highest BCUT2D eigenvalue weighted by Crippen LogP contribution is 2.34. The molecule has 0 aliphatic carbocycles.